The van der Waals surface area contributed by atoms with Crippen molar-refractivity contribution in [1.29, 1.82) is 0 Å². The second-order valence-electron chi connectivity index (χ2n) is 6.84. The van der Waals surface area contributed by atoms with Crippen molar-refractivity contribution < 1.29 is 28.3 Å². The number of ether oxygens (including phenoxy) is 1. The Balaban J connectivity index is 1.77. The number of hydrogen-bond acceptors (Lipinski definition) is 6. The predicted molar refractivity (Wildman–Crippen MR) is 111 cm³/mol. The molecule has 0 radical (unpaired) electrons. The van der Waals surface area contributed by atoms with Crippen LogP contribution in [0.25, 0.3) is 0 Å². The number of thiophene rings is 1. The van der Waals surface area contributed by atoms with Crippen molar-refractivity contribution in [3.63, 3.8) is 0 Å². The number of carbonyl (C=O) groups is 4. The Morgan fingerprint density at radius 2 is 1.87 bits per heavy atom. The molecule has 0 saturated carbocycles. The minimum atomic E-state index is -1.07. The van der Waals surface area contributed by atoms with Gasteiger partial charge >= 0.3 is 6.09 Å². The summed E-state index contributed by atoms with van der Waals surface area (Å²) in [5.74, 6) is -2.96. The van der Waals surface area contributed by atoms with Gasteiger partial charge in [0.1, 0.15) is 5.82 Å². The molecule has 0 unspecified atom stereocenters. The largest absolute Gasteiger partial charge is 0.448 e. The molecule has 1 N–H and O–H groups in total. The van der Waals surface area contributed by atoms with Crippen molar-refractivity contribution in [2.45, 2.75) is 26.2 Å². The van der Waals surface area contributed by atoms with E-state index in [2.05, 4.69) is 5.43 Å². The Labute approximate surface area is 182 Å². The number of nitrogens with one attached hydrogen (secondary N) is 1. The van der Waals surface area contributed by atoms with E-state index in [1.165, 1.54) is 34.9 Å². The number of likely N-dealkylation sites (tertiary alicyclic amines) is 1. The van der Waals surface area contributed by atoms with Gasteiger partial charge in [0.15, 0.2) is 0 Å². The zero-order valence-corrected chi connectivity index (χ0v) is 17.7. The smallest absolute Gasteiger partial charge is 0.436 e. The van der Waals surface area contributed by atoms with Gasteiger partial charge in [-0.05, 0) is 55.8 Å². The van der Waals surface area contributed by atoms with Gasteiger partial charge in [0.05, 0.1) is 17.7 Å². The molecule has 164 valence electrons. The molecule has 2 aromatic rings. The van der Waals surface area contributed by atoms with Crippen LogP contribution in [0, 0.1) is 5.82 Å². The fourth-order valence-corrected chi connectivity index (χ4v) is 3.78. The van der Waals surface area contributed by atoms with Gasteiger partial charge in [-0.2, -0.15) is 11.3 Å². The van der Waals surface area contributed by atoms with Crippen molar-refractivity contribution in [3.05, 3.63) is 57.5 Å². The number of hydrogen-bond donors (Lipinski definition) is 1. The Hall–Kier alpha value is -3.27. The van der Waals surface area contributed by atoms with E-state index < -0.39 is 29.6 Å². The third-order valence-corrected chi connectivity index (χ3v) is 5.42. The molecule has 0 atom stereocenters. The van der Waals surface area contributed by atoms with Crippen molar-refractivity contribution >= 4 is 35.2 Å². The van der Waals surface area contributed by atoms with Gasteiger partial charge in [0.2, 0.25) is 0 Å². The Morgan fingerprint density at radius 1 is 1.13 bits per heavy atom. The molecule has 0 bridgehead atoms. The number of benzene rings is 1. The molecule has 1 aromatic heterocycles. The lowest BCUT2D eigenvalue weighted by Crippen LogP contribution is -2.50. The molecule has 1 aromatic carbocycles. The molecular weight excluding hydrogens is 425 g/mol. The van der Waals surface area contributed by atoms with E-state index in [1.807, 2.05) is 0 Å². The van der Waals surface area contributed by atoms with E-state index in [0.717, 1.165) is 25.3 Å². The van der Waals surface area contributed by atoms with Crippen LogP contribution in [0.2, 0.25) is 0 Å². The maximum Gasteiger partial charge on any atom is 0.436 e. The molecule has 0 spiro atoms. The first-order chi connectivity index (χ1) is 14.9. The summed E-state index contributed by atoms with van der Waals surface area (Å²) in [5, 5.41) is 3.60. The maximum absolute atomic E-state index is 14.6. The van der Waals surface area contributed by atoms with E-state index in [0.29, 0.717) is 18.1 Å². The summed E-state index contributed by atoms with van der Waals surface area (Å²) in [6.45, 7) is 2.68. The molecule has 2 heterocycles. The van der Waals surface area contributed by atoms with Gasteiger partial charge in [0, 0.05) is 24.0 Å². The lowest BCUT2D eigenvalue weighted by molar-refractivity contribution is 0.0506. The zero-order chi connectivity index (χ0) is 22.4. The van der Waals surface area contributed by atoms with Crippen LogP contribution in [-0.2, 0) is 4.74 Å². The van der Waals surface area contributed by atoms with Crippen LogP contribution >= 0.6 is 11.3 Å². The zero-order valence-electron chi connectivity index (χ0n) is 16.9. The Morgan fingerprint density at radius 3 is 2.48 bits per heavy atom. The first-order valence-electron chi connectivity index (χ1n) is 9.85. The molecule has 8 nitrogen and oxygen atoms in total. The van der Waals surface area contributed by atoms with Crippen molar-refractivity contribution in [2.75, 3.05) is 19.7 Å². The molecule has 4 amide bonds. The molecule has 0 aliphatic carbocycles. The second-order valence-corrected chi connectivity index (χ2v) is 7.62. The first-order valence-corrected chi connectivity index (χ1v) is 10.8. The average molecular weight is 447 g/mol. The predicted octanol–water partition coefficient (Wildman–Crippen LogP) is 3.46. The number of hydrazine groups is 1. The molecule has 1 aliphatic rings. The lowest BCUT2D eigenvalue weighted by Gasteiger charge is -2.27. The normalized spacial score (nSPS) is 13.4. The highest BCUT2D eigenvalue weighted by atomic mass is 32.1. The Bertz CT molecular complexity index is 973. The summed E-state index contributed by atoms with van der Waals surface area (Å²) >= 11 is 1.25. The van der Waals surface area contributed by atoms with Crippen LogP contribution in [-0.4, -0.2) is 53.4 Å². The van der Waals surface area contributed by atoms with Gasteiger partial charge in [-0.15, -0.1) is 5.01 Å². The van der Waals surface area contributed by atoms with Crippen LogP contribution in [0.5, 0.6) is 0 Å². The standard InChI is InChI=1S/C21H22FN3O5S/c1-2-30-21(29)25(19(27)15-8-11-31-13-15)23-18(26)14-6-7-16(17(22)12-14)20(28)24-9-4-3-5-10-24/h6-8,11-13H,2-5,9-10H2,1H3,(H,23,26). The van der Waals surface area contributed by atoms with E-state index in [4.69, 9.17) is 4.74 Å². The van der Waals surface area contributed by atoms with Crippen LogP contribution < -0.4 is 5.43 Å². The van der Waals surface area contributed by atoms with Gasteiger partial charge in [-0.3, -0.25) is 19.8 Å². The highest BCUT2D eigenvalue weighted by molar-refractivity contribution is 7.08. The van der Waals surface area contributed by atoms with Crippen molar-refractivity contribution in [2.24, 2.45) is 0 Å². The number of halogens is 1. The first kappa shape index (κ1) is 22.4. The summed E-state index contributed by atoms with van der Waals surface area (Å²) in [4.78, 5) is 51.5. The summed E-state index contributed by atoms with van der Waals surface area (Å²) < 4.78 is 19.4. The van der Waals surface area contributed by atoms with Crippen LogP contribution in [0.4, 0.5) is 9.18 Å². The third kappa shape index (κ3) is 5.26. The van der Waals surface area contributed by atoms with Crippen molar-refractivity contribution in [3.8, 4) is 0 Å². The molecule has 1 saturated heterocycles. The summed E-state index contributed by atoms with van der Waals surface area (Å²) in [7, 11) is 0. The van der Waals surface area contributed by atoms with Crippen LogP contribution in [0.1, 0.15) is 57.3 Å². The van der Waals surface area contributed by atoms with Gasteiger partial charge in [-0.1, -0.05) is 0 Å². The molecule has 1 fully saturated rings. The summed E-state index contributed by atoms with van der Waals surface area (Å²) in [6.07, 6.45) is 1.71. The number of carbonyl (C=O) groups excluding carboxylic acids is 4. The number of imide groups is 1. The highest BCUT2D eigenvalue weighted by Gasteiger charge is 2.28. The monoisotopic (exact) mass is 447 g/mol. The molecule has 3 rings (SSSR count). The fourth-order valence-electron chi connectivity index (χ4n) is 3.15. The van der Waals surface area contributed by atoms with Gasteiger partial charge < -0.3 is 9.64 Å². The highest BCUT2D eigenvalue weighted by Crippen LogP contribution is 2.17. The third-order valence-electron chi connectivity index (χ3n) is 4.74. The van der Waals surface area contributed by atoms with E-state index >= 15 is 0 Å². The molecule has 10 heteroatoms. The molecular formula is C21H22FN3O5S. The van der Waals surface area contributed by atoms with Crippen LogP contribution in [0.3, 0.4) is 0 Å². The van der Waals surface area contributed by atoms with Crippen LogP contribution in [0.15, 0.2) is 35.0 Å². The number of nitrogens with zero attached hydrogens (tertiary/aromatic N) is 2. The fraction of sp³-hybridized carbons (Fsp3) is 0.333. The van der Waals surface area contributed by atoms with Gasteiger partial charge in [0.25, 0.3) is 17.7 Å². The number of amides is 4. The van der Waals surface area contributed by atoms with Gasteiger partial charge in [-0.25, -0.2) is 9.18 Å². The minimum absolute atomic E-state index is 0.00986. The Kier molecular flexibility index (Phi) is 7.35. The van der Waals surface area contributed by atoms with Crippen molar-refractivity contribution in [1.82, 2.24) is 15.3 Å². The molecule has 1 aliphatic heterocycles. The SMILES string of the molecule is CCOC(=O)N(NC(=O)c1ccc(C(=O)N2CCCCC2)c(F)c1)C(=O)c1ccsc1. The number of piperidine rings is 1. The molecule has 31 heavy (non-hydrogen) atoms. The maximum atomic E-state index is 14.6. The van der Waals surface area contributed by atoms with E-state index in [1.54, 1.807) is 17.2 Å². The minimum Gasteiger partial charge on any atom is -0.448 e. The summed E-state index contributed by atoms with van der Waals surface area (Å²) in [6, 6.07) is 4.90. The lowest BCUT2D eigenvalue weighted by atomic mass is 10.1. The summed E-state index contributed by atoms with van der Waals surface area (Å²) in [5.41, 5.74) is 2.06. The van der Waals surface area contributed by atoms with E-state index in [9.17, 15) is 23.6 Å². The quantitative estimate of drug-likeness (QED) is 0.725. The number of rotatable bonds is 4. The topological polar surface area (TPSA) is 96.0 Å². The average Bonchev–Trinajstić information content (AvgIpc) is 3.32. The van der Waals surface area contributed by atoms with E-state index in [-0.39, 0.29) is 23.3 Å². The second kappa shape index (κ2) is 10.2.